The fourth-order valence-corrected chi connectivity index (χ4v) is 2.57. The summed E-state index contributed by atoms with van der Waals surface area (Å²) >= 11 is 0. The molecule has 0 atom stereocenters. The van der Waals surface area contributed by atoms with Gasteiger partial charge < -0.3 is 19.1 Å². The number of benzene rings is 1. The van der Waals surface area contributed by atoms with Gasteiger partial charge in [0.05, 0.1) is 19.7 Å². The first-order chi connectivity index (χ1) is 9.13. The van der Waals surface area contributed by atoms with Crippen LogP contribution in [0.2, 0.25) is 0 Å². The van der Waals surface area contributed by atoms with E-state index in [0.717, 1.165) is 35.2 Å². The third-order valence-corrected chi connectivity index (χ3v) is 3.69. The minimum absolute atomic E-state index is 0.205. The van der Waals surface area contributed by atoms with Crippen LogP contribution in [0, 0.1) is 6.92 Å². The summed E-state index contributed by atoms with van der Waals surface area (Å²) in [5, 5.41) is 10.2. The molecule has 1 aromatic carbocycles. The minimum atomic E-state index is 0.205. The van der Waals surface area contributed by atoms with Gasteiger partial charge in [-0.2, -0.15) is 0 Å². The lowest BCUT2D eigenvalue weighted by Gasteiger charge is -2.08. The summed E-state index contributed by atoms with van der Waals surface area (Å²) in [6.45, 7) is 2.30. The summed E-state index contributed by atoms with van der Waals surface area (Å²) in [5.74, 6) is 1.61. The molecule has 0 fully saturated rings. The second kappa shape index (κ2) is 5.53. The Labute approximate surface area is 113 Å². The molecule has 104 valence electrons. The van der Waals surface area contributed by atoms with Gasteiger partial charge in [-0.1, -0.05) is 0 Å². The van der Waals surface area contributed by atoms with Crippen molar-refractivity contribution in [3.05, 3.63) is 23.4 Å². The molecule has 0 aliphatic carbocycles. The van der Waals surface area contributed by atoms with E-state index >= 15 is 0 Å². The van der Waals surface area contributed by atoms with Gasteiger partial charge in [-0.05, 0) is 31.4 Å². The van der Waals surface area contributed by atoms with Crippen LogP contribution in [0.15, 0.2) is 12.1 Å². The van der Waals surface area contributed by atoms with E-state index in [-0.39, 0.29) is 6.61 Å². The quantitative estimate of drug-likeness (QED) is 0.901. The lowest BCUT2D eigenvalue weighted by molar-refractivity contribution is 0.288. The zero-order valence-electron chi connectivity index (χ0n) is 12.0. The molecule has 0 bridgehead atoms. The first-order valence-electron chi connectivity index (χ1n) is 6.44. The molecule has 2 rings (SSSR count). The normalized spacial score (nSPS) is 11.0. The summed E-state index contributed by atoms with van der Waals surface area (Å²) in [6, 6.07) is 3.94. The third-order valence-electron chi connectivity index (χ3n) is 3.69. The number of fused-ring (bicyclic) bond motifs is 1. The predicted octanol–water partition coefficient (Wildman–Crippen LogP) is 2.43. The first kappa shape index (κ1) is 13.7. The zero-order valence-corrected chi connectivity index (χ0v) is 12.0. The van der Waals surface area contributed by atoms with E-state index in [9.17, 15) is 0 Å². The van der Waals surface area contributed by atoms with Crippen molar-refractivity contribution in [2.24, 2.45) is 7.05 Å². The molecule has 0 aliphatic heterocycles. The first-order valence-corrected chi connectivity index (χ1v) is 6.44. The van der Waals surface area contributed by atoms with Crippen LogP contribution >= 0.6 is 0 Å². The topological polar surface area (TPSA) is 43.6 Å². The Morgan fingerprint density at radius 1 is 1.21 bits per heavy atom. The summed E-state index contributed by atoms with van der Waals surface area (Å²) in [5.41, 5.74) is 3.53. The van der Waals surface area contributed by atoms with Crippen LogP contribution in [0.5, 0.6) is 11.5 Å². The molecular formula is C15H21NO3. The van der Waals surface area contributed by atoms with Crippen molar-refractivity contribution in [1.82, 2.24) is 4.57 Å². The maximum absolute atomic E-state index is 9.04. The van der Waals surface area contributed by atoms with Crippen LogP contribution in [-0.4, -0.2) is 30.5 Å². The van der Waals surface area contributed by atoms with Gasteiger partial charge in [-0.15, -0.1) is 0 Å². The van der Waals surface area contributed by atoms with E-state index in [1.165, 1.54) is 11.3 Å². The Kier molecular flexibility index (Phi) is 4.00. The van der Waals surface area contributed by atoms with E-state index in [4.69, 9.17) is 14.6 Å². The number of aliphatic hydroxyl groups excluding tert-OH is 1. The molecule has 1 N–H and O–H groups in total. The fraction of sp³-hybridized carbons (Fsp3) is 0.467. The van der Waals surface area contributed by atoms with Gasteiger partial charge in [0.1, 0.15) is 11.5 Å². The van der Waals surface area contributed by atoms with Crippen molar-refractivity contribution in [1.29, 1.82) is 0 Å². The molecular weight excluding hydrogens is 242 g/mol. The van der Waals surface area contributed by atoms with Crippen molar-refractivity contribution in [2.45, 2.75) is 19.8 Å². The summed E-state index contributed by atoms with van der Waals surface area (Å²) in [4.78, 5) is 0. The number of hydrogen-bond donors (Lipinski definition) is 1. The molecule has 19 heavy (non-hydrogen) atoms. The Morgan fingerprint density at radius 2 is 1.95 bits per heavy atom. The number of ether oxygens (including phenoxy) is 2. The number of rotatable bonds is 5. The van der Waals surface area contributed by atoms with Gasteiger partial charge in [0.15, 0.2) is 0 Å². The van der Waals surface area contributed by atoms with Gasteiger partial charge in [0, 0.05) is 30.8 Å². The lowest BCUT2D eigenvalue weighted by Crippen LogP contribution is -1.95. The van der Waals surface area contributed by atoms with Crippen molar-refractivity contribution >= 4 is 10.9 Å². The standard InChI is InChI=1S/C15H21NO3/c1-10-12(6-5-7-17)13-8-11(18-3)9-14(19-4)15(13)16(10)2/h8-9,17H,5-7H2,1-4H3. The van der Waals surface area contributed by atoms with Gasteiger partial charge in [-0.25, -0.2) is 0 Å². The van der Waals surface area contributed by atoms with Gasteiger partial charge >= 0.3 is 0 Å². The van der Waals surface area contributed by atoms with Crippen LogP contribution in [0.1, 0.15) is 17.7 Å². The van der Waals surface area contributed by atoms with Crippen LogP contribution in [0.4, 0.5) is 0 Å². The van der Waals surface area contributed by atoms with E-state index < -0.39 is 0 Å². The number of hydrogen-bond acceptors (Lipinski definition) is 3. The summed E-state index contributed by atoms with van der Waals surface area (Å²) < 4.78 is 12.9. The van der Waals surface area contributed by atoms with E-state index in [1.807, 2.05) is 19.2 Å². The second-order valence-corrected chi connectivity index (χ2v) is 4.68. The molecule has 0 radical (unpaired) electrons. The molecule has 0 saturated heterocycles. The average Bonchev–Trinajstić information content (AvgIpc) is 2.68. The summed E-state index contributed by atoms with van der Waals surface area (Å²) in [7, 11) is 5.36. The number of aromatic nitrogens is 1. The number of nitrogens with zero attached hydrogens (tertiary/aromatic N) is 1. The molecule has 0 saturated carbocycles. The molecule has 0 amide bonds. The molecule has 1 heterocycles. The Bertz CT molecular complexity index is 587. The van der Waals surface area contributed by atoms with E-state index in [1.54, 1.807) is 14.2 Å². The minimum Gasteiger partial charge on any atom is -0.497 e. The zero-order chi connectivity index (χ0) is 14.0. The Morgan fingerprint density at radius 3 is 2.53 bits per heavy atom. The van der Waals surface area contributed by atoms with Crippen LogP contribution in [0.25, 0.3) is 10.9 Å². The molecule has 4 nitrogen and oxygen atoms in total. The molecule has 0 unspecified atom stereocenters. The highest BCUT2D eigenvalue weighted by Gasteiger charge is 2.16. The third kappa shape index (κ3) is 2.28. The number of aryl methyl sites for hydroxylation is 2. The molecule has 4 heteroatoms. The largest absolute Gasteiger partial charge is 0.497 e. The van der Waals surface area contributed by atoms with Crippen LogP contribution < -0.4 is 9.47 Å². The number of methoxy groups -OCH3 is 2. The van der Waals surface area contributed by atoms with Crippen LogP contribution in [0.3, 0.4) is 0 Å². The SMILES string of the molecule is COc1cc(OC)c2c(c1)c(CCCO)c(C)n2C. The van der Waals surface area contributed by atoms with Gasteiger partial charge in [0.25, 0.3) is 0 Å². The number of aliphatic hydroxyl groups is 1. The highest BCUT2D eigenvalue weighted by atomic mass is 16.5. The molecule has 1 aromatic heterocycles. The Hall–Kier alpha value is -1.68. The van der Waals surface area contributed by atoms with Crippen molar-refractivity contribution in [3.8, 4) is 11.5 Å². The second-order valence-electron chi connectivity index (χ2n) is 4.68. The van der Waals surface area contributed by atoms with E-state index in [0.29, 0.717) is 0 Å². The van der Waals surface area contributed by atoms with Gasteiger partial charge in [-0.3, -0.25) is 0 Å². The van der Waals surface area contributed by atoms with E-state index in [2.05, 4.69) is 11.5 Å². The lowest BCUT2D eigenvalue weighted by atomic mass is 10.1. The summed E-state index contributed by atoms with van der Waals surface area (Å²) in [6.07, 6.45) is 1.62. The molecule has 2 aromatic rings. The average molecular weight is 263 g/mol. The van der Waals surface area contributed by atoms with Crippen molar-refractivity contribution < 1.29 is 14.6 Å². The predicted molar refractivity (Wildman–Crippen MR) is 76.2 cm³/mol. The molecule has 0 spiro atoms. The smallest absolute Gasteiger partial charge is 0.146 e. The maximum Gasteiger partial charge on any atom is 0.146 e. The highest BCUT2D eigenvalue weighted by molar-refractivity contribution is 5.91. The van der Waals surface area contributed by atoms with Crippen molar-refractivity contribution in [2.75, 3.05) is 20.8 Å². The van der Waals surface area contributed by atoms with Gasteiger partial charge in [0.2, 0.25) is 0 Å². The Balaban J connectivity index is 2.71. The maximum atomic E-state index is 9.04. The highest BCUT2D eigenvalue weighted by Crippen LogP contribution is 2.36. The molecule has 0 aliphatic rings. The fourth-order valence-electron chi connectivity index (χ4n) is 2.57. The van der Waals surface area contributed by atoms with Crippen molar-refractivity contribution in [3.63, 3.8) is 0 Å². The monoisotopic (exact) mass is 263 g/mol. The van der Waals surface area contributed by atoms with Crippen LogP contribution in [-0.2, 0) is 13.5 Å².